The summed E-state index contributed by atoms with van der Waals surface area (Å²) in [6, 6.07) is 10.1. The lowest BCUT2D eigenvalue weighted by Crippen LogP contribution is -2.31. The lowest BCUT2D eigenvalue weighted by Gasteiger charge is -2.14. The van der Waals surface area contributed by atoms with Crippen LogP contribution in [-0.2, 0) is 23.7 Å². The summed E-state index contributed by atoms with van der Waals surface area (Å²) in [5.41, 5.74) is -0.124. The molecule has 0 aliphatic carbocycles. The van der Waals surface area contributed by atoms with Crippen LogP contribution in [0.5, 0.6) is 0 Å². The third-order valence-electron chi connectivity index (χ3n) is 4.36. The fourth-order valence-corrected chi connectivity index (χ4v) is 2.97. The number of carbonyl (C=O) groups is 1. The molecule has 164 valence electrons. The summed E-state index contributed by atoms with van der Waals surface area (Å²) >= 11 is 5.85. The Morgan fingerprint density at radius 2 is 2.12 bits per heavy atom. The molecule has 1 amide bonds. The summed E-state index contributed by atoms with van der Waals surface area (Å²) in [5, 5.41) is 22.8. The maximum atomic E-state index is 14.3. The summed E-state index contributed by atoms with van der Waals surface area (Å²) in [7, 11) is 0. The van der Waals surface area contributed by atoms with E-state index in [2.05, 4.69) is 20.3 Å². The fraction of sp³-hybridized carbons (Fsp3) is 0.190. The van der Waals surface area contributed by atoms with Gasteiger partial charge in [-0.15, -0.1) is 0 Å². The highest BCUT2D eigenvalue weighted by atomic mass is 35.5. The second-order valence-electron chi connectivity index (χ2n) is 6.68. The van der Waals surface area contributed by atoms with Gasteiger partial charge in [-0.05, 0) is 35.9 Å². The first-order chi connectivity index (χ1) is 15.3. The molecule has 0 bridgehead atoms. The van der Waals surface area contributed by atoms with Crippen molar-refractivity contribution in [3.05, 3.63) is 88.0 Å². The highest BCUT2D eigenvalue weighted by Gasteiger charge is 2.32. The average Bonchev–Trinajstić information content (AvgIpc) is 2.79. The van der Waals surface area contributed by atoms with Gasteiger partial charge in [0.15, 0.2) is 5.49 Å². The van der Waals surface area contributed by atoms with Gasteiger partial charge >= 0.3 is 5.92 Å². The zero-order valence-corrected chi connectivity index (χ0v) is 17.3. The van der Waals surface area contributed by atoms with Crippen LogP contribution < -0.4 is 10.8 Å². The van der Waals surface area contributed by atoms with E-state index in [1.54, 1.807) is 6.07 Å². The SMILES string of the molecule is N#Cc1ccc(=NCC(F)(F)c2ccccn2)n(O)c1CC(=O)NCc1cncc(Cl)c1. The van der Waals surface area contributed by atoms with E-state index in [-0.39, 0.29) is 29.7 Å². The van der Waals surface area contributed by atoms with Gasteiger partial charge in [-0.3, -0.25) is 19.8 Å². The number of rotatable bonds is 7. The number of halogens is 3. The zero-order chi connectivity index (χ0) is 23.1. The van der Waals surface area contributed by atoms with Crippen LogP contribution in [-0.4, -0.2) is 32.4 Å². The molecular formula is C21H17ClF2N6O2. The minimum absolute atomic E-state index is 0.00232. The molecule has 11 heteroatoms. The molecule has 8 nitrogen and oxygen atoms in total. The van der Waals surface area contributed by atoms with E-state index in [4.69, 9.17) is 11.6 Å². The Bertz CT molecular complexity index is 1220. The summed E-state index contributed by atoms with van der Waals surface area (Å²) in [5.74, 6) is -3.88. The molecule has 3 aromatic rings. The predicted molar refractivity (Wildman–Crippen MR) is 110 cm³/mol. The molecule has 0 saturated heterocycles. The van der Waals surface area contributed by atoms with Crippen molar-refractivity contribution < 1.29 is 18.8 Å². The molecule has 0 saturated carbocycles. The van der Waals surface area contributed by atoms with E-state index in [1.807, 2.05) is 6.07 Å². The van der Waals surface area contributed by atoms with Crippen molar-refractivity contribution in [1.29, 1.82) is 5.26 Å². The summed E-state index contributed by atoms with van der Waals surface area (Å²) in [4.78, 5) is 23.7. The maximum absolute atomic E-state index is 14.3. The minimum atomic E-state index is -3.37. The third kappa shape index (κ3) is 5.65. The molecule has 3 aromatic heterocycles. The number of carbonyl (C=O) groups excluding carboxylic acids is 1. The van der Waals surface area contributed by atoms with Gasteiger partial charge in [0.25, 0.3) is 0 Å². The molecule has 0 atom stereocenters. The number of nitrogens with one attached hydrogen (secondary N) is 1. The van der Waals surface area contributed by atoms with E-state index in [9.17, 15) is 24.0 Å². The number of nitrogens with zero attached hydrogens (tertiary/aromatic N) is 5. The first kappa shape index (κ1) is 22.8. The Morgan fingerprint density at radius 3 is 2.81 bits per heavy atom. The number of hydrogen-bond donors (Lipinski definition) is 2. The van der Waals surface area contributed by atoms with Gasteiger partial charge < -0.3 is 10.5 Å². The predicted octanol–water partition coefficient (Wildman–Crippen LogP) is 2.59. The van der Waals surface area contributed by atoms with E-state index < -0.39 is 24.1 Å². The largest absolute Gasteiger partial charge is 0.427 e. The highest BCUT2D eigenvalue weighted by molar-refractivity contribution is 6.30. The molecule has 0 aromatic carbocycles. The van der Waals surface area contributed by atoms with E-state index in [0.717, 1.165) is 0 Å². The van der Waals surface area contributed by atoms with Gasteiger partial charge in [-0.1, -0.05) is 17.7 Å². The van der Waals surface area contributed by atoms with Crippen molar-refractivity contribution in [2.24, 2.45) is 4.99 Å². The van der Waals surface area contributed by atoms with Gasteiger partial charge in [-0.25, -0.2) is 0 Å². The van der Waals surface area contributed by atoms with Crippen LogP contribution in [0.2, 0.25) is 5.02 Å². The van der Waals surface area contributed by atoms with Crippen molar-refractivity contribution in [3.8, 4) is 6.07 Å². The van der Waals surface area contributed by atoms with Gasteiger partial charge in [0.2, 0.25) is 5.91 Å². The number of pyridine rings is 3. The lowest BCUT2D eigenvalue weighted by molar-refractivity contribution is -0.120. The average molecular weight is 459 g/mol. The standard InChI is InChI=1S/C21H17ClF2N6O2/c22-16-7-14(10-26-12-16)11-28-20(31)8-17-15(9-25)4-5-19(30(17)32)29-13-21(23,24)18-3-1-2-6-27-18/h1-7,10,12,32H,8,11,13H2,(H,28,31). The molecule has 3 rings (SSSR count). The fourth-order valence-electron chi connectivity index (χ4n) is 2.78. The van der Waals surface area contributed by atoms with Crippen LogP contribution in [0.4, 0.5) is 8.78 Å². The van der Waals surface area contributed by atoms with Crippen molar-refractivity contribution in [2.75, 3.05) is 6.54 Å². The summed E-state index contributed by atoms with van der Waals surface area (Å²) in [6.07, 6.45) is 3.84. The normalized spacial score (nSPS) is 11.8. The van der Waals surface area contributed by atoms with E-state index in [1.165, 1.54) is 48.9 Å². The second kappa shape index (κ2) is 9.98. The molecule has 2 N–H and O–H groups in total. The highest BCUT2D eigenvalue weighted by Crippen LogP contribution is 2.25. The van der Waals surface area contributed by atoms with Crippen LogP contribution in [0, 0.1) is 11.3 Å². The topological polar surface area (TPSA) is 116 Å². The smallest absolute Gasteiger partial charge is 0.308 e. The van der Waals surface area contributed by atoms with Crippen molar-refractivity contribution in [3.63, 3.8) is 0 Å². The van der Waals surface area contributed by atoms with E-state index in [0.29, 0.717) is 15.3 Å². The quantitative estimate of drug-likeness (QED) is 0.528. The Labute approximate surface area is 186 Å². The number of alkyl halides is 2. The van der Waals surface area contributed by atoms with Crippen LogP contribution in [0.25, 0.3) is 0 Å². The first-order valence-electron chi connectivity index (χ1n) is 9.30. The van der Waals surface area contributed by atoms with Gasteiger partial charge in [0.1, 0.15) is 18.3 Å². The lowest BCUT2D eigenvalue weighted by atomic mass is 10.1. The number of nitriles is 1. The Hall–Kier alpha value is -3.84. The first-order valence-corrected chi connectivity index (χ1v) is 9.68. The molecule has 0 aliphatic heterocycles. The van der Waals surface area contributed by atoms with Gasteiger partial charge in [0.05, 0.1) is 22.7 Å². The molecular weight excluding hydrogens is 442 g/mol. The van der Waals surface area contributed by atoms with Crippen molar-refractivity contribution in [1.82, 2.24) is 20.0 Å². The zero-order valence-electron chi connectivity index (χ0n) is 16.5. The van der Waals surface area contributed by atoms with Gasteiger partial charge in [-0.2, -0.15) is 18.8 Å². The third-order valence-corrected chi connectivity index (χ3v) is 4.57. The van der Waals surface area contributed by atoms with Crippen molar-refractivity contribution in [2.45, 2.75) is 18.9 Å². The molecule has 3 heterocycles. The second-order valence-corrected chi connectivity index (χ2v) is 7.11. The minimum Gasteiger partial charge on any atom is -0.427 e. The molecule has 0 fully saturated rings. The monoisotopic (exact) mass is 458 g/mol. The van der Waals surface area contributed by atoms with Gasteiger partial charge in [0, 0.05) is 25.1 Å². The number of aromatic nitrogens is 3. The van der Waals surface area contributed by atoms with Crippen LogP contribution in [0.3, 0.4) is 0 Å². The molecule has 0 aliphatic rings. The molecule has 0 unspecified atom stereocenters. The van der Waals surface area contributed by atoms with Crippen molar-refractivity contribution >= 4 is 17.5 Å². The number of hydrogen-bond acceptors (Lipinski definition) is 6. The van der Waals surface area contributed by atoms with Crippen LogP contribution in [0.1, 0.15) is 22.5 Å². The molecule has 0 radical (unpaired) electrons. The van der Waals surface area contributed by atoms with Crippen LogP contribution >= 0.6 is 11.6 Å². The molecule has 0 spiro atoms. The Morgan fingerprint density at radius 1 is 1.31 bits per heavy atom. The Balaban J connectivity index is 1.79. The summed E-state index contributed by atoms with van der Waals surface area (Å²) in [6.45, 7) is -0.857. The van der Waals surface area contributed by atoms with Crippen LogP contribution in [0.15, 0.2) is 60.0 Å². The molecule has 32 heavy (non-hydrogen) atoms. The number of amides is 1. The van der Waals surface area contributed by atoms with E-state index >= 15 is 0 Å². The Kier molecular flexibility index (Phi) is 7.12. The summed E-state index contributed by atoms with van der Waals surface area (Å²) < 4.78 is 29.1. The maximum Gasteiger partial charge on any atom is 0.308 e.